The molecule has 0 radical (unpaired) electrons. The number of hydrogen-bond donors (Lipinski definition) is 2. The molecule has 0 unspecified atom stereocenters. The second kappa shape index (κ2) is 8.29. The number of primary amides is 1. The Bertz CT molecular complexity index is 943. The molecule has 0 saturated carbocycles. The number of nitrogens with zero attached hydrogens (tertiary/aromatic N) is 4. The van der Waals surface area contributed by atoms with Crippen molar-refractivity contribution in [3.63, 3.8) is 0 Å². The Kier molecular flexibility index (Phi) is 5.69. The molecule has 3 saturated heterocycles. The Morgan fingerprint density at radius 3 is 2.81 bits per heavy atom. The van der Waals surface area contributed by atoms with Gasteiger partial charge in [-0.2, -0.15) is 5.26 Å². The summed E-state index contributed by atoms with van der Waals surface area (Å²) in [5.41, 5.74) is 12.9. The summed E-state index contributed by atoms with van der Waals surface area (Å²) in [6, 6.07) is 7.64. The van der Waals surface area contributed by atoms with Gasteiger partial charge in [-0.15, -0.1) is 0 Å². The Morgan fingerprint density at radius 1 is 1.35 bits per heavy atom. The number of fused-ring (bicyclic) bond motifs is 2. The van der Waals surface area contributed by atoms with Gasteiger partial charge in [0.05, 0.1) is 24.2 Å². The number of nitrogens with two attached hydrogens (primary N) is 2. The molecule has 4 rings (SSSR count). The highest BCUT2D eigenvalue weighted by Crippen LogP contribution is 2.38. The number of rotatable bonds is 6. The number of amides is 3. The minimum absolute atomic E-state index is 0.0175. The summed E-state index contributed by atoms with van der Waals surface area (Å²) in [5.74, 6) is -0.693. The largest absolute Gasteiger partial charge is 0.366 e. The van der Waals surface area contributed by atoms with E-state index in [-0.39, 0.29) is 29.9 Å². The van der Waals surface area contributed by atoms with E-state index >= 15 is 0 Å². The van der Waals surface area contributed by atoms with Crippen LogP contribution in [0.4, 0.5) is 0 Å². The molecule has 0 aliphatic carbocycles. The van der Waals surface area contributed by atoms with Crippen molar-refractivity contribution in [3.8, 4) is 6.07 Å². The second-order valence-electron chi connectivity index (χ2n) is 8.70. The SMILES string of the molecule is C[C@@H](c1cccc(C(N)=O)c1)N1C(=O)[C@H]2C[C@@H]1CN2C[C@H](N)C(=O)N1CCC[C@H]1C#N. The molecule has 3 heterocycles. The standard InChI is InChI=1S/C22H28N6O3/c1-13(14-4-2-5-15(8-14)20(25)29)28-17-9-19(22(28)31)26(11-17)12-18(24)21(30)27-7-3-6-16(27)10-23/h2,4-5,8,13,16-19H,3,6-7,9,11-12,24H2,1H3,(H2,25,29)/t13-,16-,17+,18-,19+/m0/s1. The molecular formula is C22H28N6O3. The lowest BCUT2D eigenvalue weighted by Crippen LogP contribution is -2.56. The lowest BCUT2D eigenvalue weighted by atomic mass is 10.0. The summed E-state index contributed by atoms with van der Waals surface area (Å²) in [6.45, 7) is 3.47. The third-order valence-electron chi connectivity index (χ3n) is 6.82. The molecule has 9 heteroatoms. The predicted octanol–water partition coefficient (Wildman–Crippen LogP) is -0.0265. The average Bonchev–Trinajstić information content (AvgIpc) is 3.47. The van der Waals surface area contributed by atoms with Crippen LogP contribution in [-0.2, 0) is 9.59 Å². The van der Waals surface area contributed by atoms with Gasteiger partial charge in [-0.3, -0.25) is 19.3 Å². The highest BCUT2D eigenvalue weighted by Gasteiger charge is 2.51. The molecule has 0 aromatic heterocycles. The van der Waals surface area contributed by atoms with Crippen LogP contribution in [0.3, 0.4) is 0 Å². The van der Waals surface area contributed by atoms with E-state index in [1.54, 1.807) is 23.1 Å². The first-order valence-electron chi connectivity index (χ1n) is 10.7. The van der Waals surface area contributed by atoms with Gasteiger partial charge in [0.15, 0.2) is 0 Å². The topological polar surface area (TPSA) is 137 Å². The number of likely N-dealkylation sites (tertiary alicyclic amines) is 3. The van der Waals surface area contributed by atoms with Gasteiger partial charge in [0.25, 0.3) is 0 Å². The van der Waals surface area contributed by atoms with E-state index in [9.17, 15) is 19.6 Å². The third kappa shape index (κ3) is 3.77. The Morgan fingerprint density at radius 2 is 2.13 bits per heavy atom. The summed E-state index contributed by atoms with van der Waals surface area (Å²) >= 11 is 0. The van der Waals surface area contributed by atoms with Crippen molar-refractivity contribution in [2.24, 2.45) is 11.5 Å². The number of carbonyl (C=O) groups is 3. The maximum absolute atomic E-state index is 13.1. The van der Waals surface area contributed by atoms with Gasteiger partial charge in [-0.1, -0.05) is 12.1 Å². The molecule has 3 fully saturated rings. The van der Waals surface area contributed by atoms with Gasteiger partial charge in [-0.05, 0) is 43.9 Å². The van der Waals surface area contributed by atoms with Crippen LogP contribution < -0.4 is 11.5 Å². The van der Waals surface area contributed by atoms with E-state index in [4.69, 9.17) is 11.5 Å². The van der Waals surface area contributed by atoms with E-state index in [1.807, 2.05) is 22.8 Å². The summed E-state index contributed by atoms with van der Waals surface area (Å²) in [7, 11) is 0. The number of benzene rings is 1. The zero-order valence-corrected chi connectivity index (χ0v) is 17.6. The van der Waals surface area contributed by atoms with Gasteiger partial charge in [0.1, 0.15) is 6.04 Å². The Balaban J connectivity index is 1.41. The molecule has 164 valence electrons. The monoisotopic (exact) mass is 424 g/mol. The number of carbonyl (C=O) groups excluding carboxylic acids is 3. The fourth-order valence-corrected chi connectivity index (χ4v) is 5.22. The quantitative estimate of drug-likeness (QED) is 0.658. The van der Waals surface area contributed by atoms with Crippen molar-refractivity contribution in [2.75, 3.05) is 19.6 Å². The minimum Gasteiger partial charge on any atom is -0.366 e. The van der Waals surface area contributed by atoms with Crippen molar-refractivity contribution < 1.29 is 14.4 Å². The van der Waals surface area contributed by atoms with Crippen molar-refractivity contribution in [1.29, 1.82) is 5.26 Å². The Labute approximate surface area is 181 Å². The normalized spacial score (nSPS) is 27.4. The van der Waals surface area contributed by atoms with Crippen molar-refractivity contribution in [3.05, 3.63) is 35.4 Å². The summed E-state index contributed by atoms with van der Waals surface area (Å²) < 4.78 is 0. The molecule has 0 spiro atoms. The van der Waals surface area contributed by atoms with Crippen molar-refractivity contribution in [2.45, 2.75) is 56.4 Å². The molecule has 31 heavy (non-hydrogen) atoms. The van der Waals surface area contributed by atoms with Crippen LogP contribution in [0.5, 0.6) is 0 Å². The van der Waals surface area contributed by atoms with E-state index in [1.165, 1.54) is 0 Å². The van der Waals surface area contributed by atoms with Crippen LogP contribution in [0, 0.1) is 11.3 Å². The lowest BCUT2D eigenvalue weighted by Gasteiger charge is -2.38. The summed E-state index contributed by atoms with van der Waals surface area (Å²) in [4.78, 5) is 42.8. The fraction of sp³-hybridized carbons (Fsp3) is 0.545. The molecule has 2 bridgehead atoms. The van der Waals surface area contributed by atoms with Crippen LogP contribution in [0.2, 0.25) is 0 Å². The molecule has 3 aliphatic heterocycles. The van der Waals surface area contributed by atoms with Crippen LogP contribution in [0.25, 0.3) is 0 Å². The molecular weight excluding hydrogens is 396 g/mol. The molecule has 5 atom stereocenters. The van der Waals surface area contributed by atoms with Gasteiger partial charge in [0.2, 0.25) is 17.7 Å². The van der Waals surface area contributed by atoms with Crippen LogP contribution in [0.15, 0.2) is 24.3 Å². The first-order chi connectivity index (χ1) is 14.8. The molecule has 9 nitrogen and oxygen atoms in total. The second-order valence-corrected chi connectivity index (χ2v) is 8.70. The van der Waals surface area contributed by atoms with Gasteiger partial charge < -0.3 is 21.3 Å². The average molecular weight is 425 g/mol. The maximum Gasteiger partial charge on any atom is 0.248 e. The van der Waals surface area contributed by atoms with Gasteiger partial charge in [-0.25, -0.2) is 0 Å². The van der Waals surface area contributed by atoms with Crippen molar-refractivity contribution >= 4 is 17.7 Å². The van der Waals surface area contributed by atoms with Crippen LogP contribution in [-0.4, -0.2) is 76.2 Å². The predicted molar refractivity (Wildman–Crippen MR) is 112 cm³/mol. The number of piperazine rings is 1. The zero-order valence-electron chi connectivity index (χ0n) is 17.6. The van der Waals surface area contributed by atoms with E-state index in [0.717, 1.165) is 12.0 Å². The van der Waals surface area contributed by atoms with Crippen LogP contribution in [0.1, 0.15) is 48.1 Å². The summed E-state index contributed by atoms with van der Waals surface area (Å²) in [5, 5.41) is 9.22. The smallest absolute Gasteiger partial charge is 0.248 e. The highest BCUT2D eigenvalue weighted by molar-refractivity contribution is 5.93. The third-order valence-corrected chi connectivity index (χ3v) is 6.82. The van der Waals surface area contributed by atoms with Crippen LogP contribution >= 0.6 is 0 Å². The van der Waals surface area contributed by atoms with Gasteiger partial charge >= 0.3 is 0 Å². The van der Waals surface area contributed by atoms with E-state index in [0.29, 0.717) is 38.0 Å². The molecule has 1 aromatic carbocycles. The van der Waals surface area contributed by atoms with E-state index in [2.05, 4.69) is 6.07 Å². The van der Waals surface area contributed by atoms with E-state index < -0.39 is 18.0 Å². The first kappa shape index (κ1) is 21.3. The van der Waals surface area contributed by atoms with Gasteiger partial charge in [0, 0.05) is 31.2 Å². The molecule has 3 amide bonds. The first-order valence-corrected chi connectivity index (χ1v) is 10.7. The zero-order chi connectivity index (χ0) is 22.3. The molecule has 4 N–H and O–H groups in total. The maximum atomic E-state index is 13.1. The molecule has 3 aliphatic rings. The fourth-order valence-electron chi connectivity index (χ4n) is 5.22. The molecule has 1 aromatic rings. The minimum atomic E-state index is -0.751. The number of nitriles is 1. The number of hydrogen-bond acceptors (Lipinski definition) is 6. The Hall–Kier alpha value is -2.96. The lowest BCUT2D eigenvalue weighted by molar-refractivity contribution is -0.140. The van der Waals surface area contributed by atoms with Crippen molar-refractivity contribution in [1.82, 2.24) is 14.7 Å². The highest BCUT2D eigenvalue weighted by atomic mass is 16.2. The summed E-state index contributed by atoms with van der Waals surface area (Å²) in [6.07, 6.45) is 2.20.